The Balaban J connectivity index is 1.68. The molecule has 1 amide bonds. The molecule has 7 heteroatoms. The molecule has 3 aromatic carbocycles. The molecule has 0 bridgehead atoms. The van der Waals surface area contributed by atoms with E-state index in [0.29, 0.717) is 16.8 Å². The third kappa shape index (κ3) is 5.00. The molecule has 0 aliphatic carbocycles. The van der Waals surface area contributed by atoms with Gasteiger partial charge in [0.25, 0.3) is 5.91 Å². The zero-order chi connectivity index (χ0) is 21.7. The van der Waals surface area contributed by atoms with Crippen molar-refractivity contribution in [2.75, 3.05) is 12.4 Å². The molecule has 0 spiro atoms. The number of amides is 1. The average Bonchev–Trinajstić information content (AvgIpc) is 2.75. The molecular formula is C23H22N2O4S. The smallest absolute Gasteiger partial charge is 0.255 e. The van der Waals surface area contributed by atoms with Crippen LogP contribution in [-0.2, 0) is 16.6 Å². The number of ketones is 1. The Morgan fingerprint density at radius 2 is 1.53 bits per heavy atom. The van der Waals surface area contributed by atoms with Gasteiger partial charge in [-0.25, -0.2) is 8.42 Å². The molecule has 1 N–H and O–H groups in total. The second-order valence-corrected chi connectivity index (χ2v) is 8.91. The molecule has 6 nitrogen and oxygen atoms in total. The number of anilines is 1. The van der Waals surface area contributed by atoms with Crippen molar-refractivity contribution >= 4 is 27.4 Å². The van der Waals surface area contributed by atoms with Crippen molar-refractivity contribution < 1.29 is 18.0 Å². The number of carbonyl (C=O) groups is 2. The molecule has 0 atom stereocenters. The van der Waals surface area contributed by atoms with E-state index < -0.39 is 10.0 Å². The molecule has 30 heavy (non-hydrogen) atoms. The highest BCUT2D eigenvalue weighted by Crippen LogP contribution is 2.17. The molecule has 0 radical (unpaired) electrons. The minimum atomic E-state index is -3.59. The molecule has 0 saturated heterocycles. The summed E-state index contributed by atoms with van der Waals surface area (Å²) in [7, 11) is -2.07. The topological polar surface area (TPSA) is 83.6 Å². The maximum Gasteiger partial charge on any atom is 0.255 e. The van der Waals surface area contributed by atoms with Crippen LogP contribution in [0.4, 0.5) is 5.69 Å². The van der Waals surface area contributed by atoms with Crippen molar-refractivity contribution in [3.63, 3.8) is 0 Å². The first kappa shape index (κ1) is 21.4. The fraction of sp³-hybridized carbons (Fsp3) is 0.130. The molecule has 0 saturated carbocycles. The SMILES string of the molecule is CC(=O)c1cccc(NC(=O)c2ccc(CN(C)S(=O)(=O)c3ccccc3)cc2)c1. The van der Waals surface area contributed by atoms with Crippen LogP contribution in [0.3, 0.4) is 0 Å². The maximum absolute atomic E-state index is 12.6. The molecule has 0 aliphatic heterocycles. The Bertz CT molecular complexity index is 1160. The predicted octanol–water partition coefficient (Wildman–Crippen LogP) is 3.96. The van der Waals surface area contributed by atoms with Crippen LogP contribution >= 0.6 is 0 Å². The van der Waals surface area contributed by atoms with Crippen LogP contribution < -0.4 is 5.32 Å². The van der Waals surface area contributed by atoms with E-state index in [1.165, 1.54) is 18.3 Å². The number of hydrogen-bond acceptors (Lipinski definition) is 4. The molecule has 0 aromatic heterocycles. The lowest BCUT2D eigenvalue weighted by Gasteiger charge is -2.17. The molecule has 3 rings (SSSR count). The van der Waals surface area contributed by atoms with Crippen LogP contribution in [0.2, 0.25) is 0 Å². The largest absolute Gasteiger partial charge is 0.322 e. The molecule has 3 aromatic rings. The van der Waals surface area contributed by atoms with Crippen molar-refractivity contribution in [3.05, 3.63) is 95.6 Å². The summed E-state index contributed by atoms with van der Waals surface area (Å²) in [5, 5.41) is 2.76. The number of hydrogen-bond donors (Lipinski definition) is 1. The summed E-state index contributed by atoms with van der Waals surface area (Å²) < 4.78 is 26.5. The van der Waals surface area contributed by atoms with Gasteiger partial charge in [-0.1, -0.05) is 42.5 Å². The van der Waals surface area contributed by atoms with Gasteiger partial charge in [-0.15, -0.1) is 0 Å². The van der Waals surface area contributed by atoms with Gasteiger partial charge >= 0.3 is 0 Å². The standard InChI is InChI=1S/C23H22N2O4S/c1-17(26)20-7-6-8-21(15-20)24-23(27)19-13-11-18(12-14-19)16-25(2)30(28,29)22-9-4-3-5-10-22/h3-15H,16H2,1-2H3,(H,24,27). The van der Waals surface area contributed by atoms with E-state index in [1.54, 1.807) is 78.9 Å². The number of carbonyl (C=O) groups excluding carboxylic acids is 2. The molecular weight excluding hydrogens is 400 g/mol. The third-order valence-electron chi connectivity index (χ3n) is 4.60. The lowest BCUT2D eigenvalue weighted by molar-refractivity contribution is 0.101. The summed E-state index contributed by atoms with van der Waals surface area (Å²) >= 11 is 0. The molecule has 0 unspecified atom stereocenters. The van der Waals surface area contributed by atoms with Gasteiger partial charge < -0.3 is 5.32 Å². The van der Waals surface area contributed by atoms with E-state index >= 15 is 0 Å². The monoisotopic (exact) mass is 422 g/mol. The van der Waals surface area contributed by atoms with Gasteiger partial charge in [0.1, 0.15) is 0 Å². The summed E-state index contributed by atoms with van der Waals surface area (Å²) in [6.07, 6.45) is 0. The normalized spacial score (nSPS) is 11.3. The number of Topliss-reactive ketones (excluding diaryl/α,β-unsaturated/α-hetero) is 1. The Labute approximate surface area is 176 Å². The van der Waals surface area contributed by atoms with Gasteiger partial charge in [-0.2, -0.15) is 4.31 Å². The van der Waals surface area contributed by atoms with Crippen molar-refractivity contribution in [1.82, 2.24) is 4.31 Å². The highest BCUT2D eigenvalue weighted by atomic mass is 32.2. The average molecular weight is 423 g/mol. The Morgan fingerprint density at radius 1 is 0.867 bits per heavy atom. The lowest BCUT2D eigenvalue weighted by atomic mass is 10.1. The first-order valence-corrected chi connectivity index (χ1v) is 10.7. The summed E-state index contributed by atoms with van der Waals surface area (Å²) in [5.74, 6) is -0.391. The van der Waals surface area contributed by atoms with Gasteiger partial charge in [-0.05, 0) is 48.9 Å². The van der Waals surface area contributed by atoms with Crippen molar-refractivity contribution in [3.8, 4) is 0 Å². The molecule has 154 valence electrons. The number of sulfonamides is 1. The Hall–Kier alpha value is -3.29. The molecule has 0 aliphatic rings. The fourth-order valence-electron chi connectivity index (χ4n) is 2.90. The Morgan fingerprint density at radius 3 is 2.17 bits per heavy atom. The zero-order valence-electron chi connectivity index (χ0n) is 16.7. The maximum atomic E-state index is 12.6. The number of nitrogens with zero attached hydrogens (tertiary/aromatic N) is 1. The van der Waals surface area contributed by atoms with Crippen LogP contribution in [0.1, 0.15) is 33.2 Å². The first-order chi connectivity index (χ1) is 14.3. The van der Waals surface area contributed by atoms with Crippen molar-refractivity contribution in [2.24, 2.45) is 0 Å². The van der Waals surface area contributed by atoms with Gasteiger partial charge in [0.05, 0.1) is 4.90 Å². The zero-order valence-corrected chi connectivity index (χ0v) is 17.5. The van der Waals surface area contributed by atoms with E-state index in [1.807, 2.05) is 0 Å². The van der Waals surface area contributed by atoms with E-state index in [4.69, 9.17) is 0 Å². The summed E-state index contributed by atoms with van der Waals surface area (Å²) in [4.78, 5) is 24.2. The lowest BCUT2D eigenvalue weighted by Crippen LogP contribution is -2.26. The quantitative estimate of drug-likeness (QED) is 0.584. The van der Waals surface area contributed by atoms with Gasteiger partial charge in [0, 0.05) is 30.4 Å². The number of nitrogens with one attached hydrogen (secondary N) is 1. The van der Waals surface area contributed by atoms with Crippen LogP contribution in [0.15, 0.2) is 83.8 Å². The predicted molar refractivity (Wildman–Crippen MR) is 116 cm³/mol. The van der Waals surface area contributed by atoms with Crippen molar-refractivity contribution in [2.45, 2.75) is 18.4 Å². The second-order valence-electron chi connectivity index (χ2n) is 6.86. The number of benzene rings is 3. The highest BCUT2D eigenvalue weighted by Gasteiger charge is 2.20. The Kier molecular flexibility index (Phi) is 6.44. The van der Waals surface area contributed by atoms with Crippen LogP contribution in [0.5, 0.6) is 0 Å². The van der Waals surface area contributed by atoms with Crippen LogP contribution in [-0.4, -0.2) is 31.5 Å². The van der Waals surface area contributed by atoms with Crippen LogP contribution in [0, 0.1) is 0 Å². The minimum absolute atomic E-state index is 0.0787. The summed E-state index contributed by atoms with van der Waals surface area (Å²) in [6, 6.07) is 21.7. The van der Waals surface area contributed by atoms with E-state index in [2.05, 4.69) is 5.32 Å². The third-order valence-corrected chi connectivity index (χ3v) is 6.42. The van der Waals surface area contributed by atoms with Gasteiger partial charge in [0.2, 0.25) is 10.0 Å². The summed E-state index contributed by atoms with van der Waals surface area (Å²) in [5.41, 5.74) is 2.24. The molecule has 0 heterocycles. The van der Waals surface area contributed by atoms with E-state index in [0.717, 1.165) is 5.56 Å². The van der Waals surface area contributed by atoms with Gasteiger partial charge in [0.15, 0.2) is 5.78 Å². The molecule has 0 fully saturated rings. The minimum Gasteiger partial charge on any atom is -0.322 e. The van der Waals surface area contributed by atoms with E-state index in [9.17, 15) is 18.0 Å². The highest BCUT2D eigenvalue weighted by molar-refractivity contribution is 7.89. The first-order valence-electron chi connectivity index (χ1n) is 9.30. The second kappa shape index (κ2) is 9.02. The van der Waals surface area contributed by atoms with Gasteiger partial charge in [-0.3, -0.25) is 9.59 Å². The van der Waals surface area contributed by atoms with Crippen LogP contribution in [0.25, 0.3) is 0 Å². The van der Waals surface area contributed by atoms with Crippen molar-refractivity contribution in [1.29, 1.82) is 0 Å². The van der Waals surface area contributed by atoms with E-state index in [-0.39, 0.29) is 23.1 Å². The fourth-order valence-corrected chi connectivity index (χ4v) is 4.08. The summed E-state index contributed by atoms with van der Waals surface area (Å²) in [6.45, 7) is 1.65. The number of rotatable bonds is 7.